The van der Waals surface area contributed by atoms with Gasteiger partial charge in [0.05, 0.1) is 12.8 Å². The molecule has 4 heterocycles. The first-order chi connectivity index (χ1) is 17.8. The van der Waals surface area contributed by atoms with Crippen molar-refractivity contribution in [3.63, 3.8) is 0 Å². The zero-order valence-electron chi connectivity index (χ0n) is 20.3. The summed E-state index contributed by atoms with van der Waals surface area (Å²) in [4.78, 5) is 17.0. The summed E-state index contributed by atoms with van der Waals surface area (Å²) in [5.74, 6) is 0.167. The van der Waals surface area contributed by atoms with Gasteiger partial charge >= 0.3 is 5.97 Å². The first-order valence-corrected chi connectivity index (χ1v) is 14.5. The van der Waals surface area contributed by atoms with Gasteiger partial charge in [0.1, 0.15) is 23.4 Å². The topological polar surface area (TPSA) is 106 Å². The number of nitrogens with zero attached hydrogens (tertiary/aromatic N) is 4. The van der Waals surface area contributed by atoms with Crippen molar-refractivity contribution in [3.05, 3.63) is 57.9 Å². The van der Waals surface area contributed by atoms with Gasteiger partial charge in [0.15, 0.2) is 5.65 Å². The molecule has 1 aromatic carbocycles. The number of carbonyl (C=O) groups is 1. The number of benzene rings is 1. The number of hydrogen-bond donors (Lipinski definition) is 1. The predicted molar refractivity (Wildman–Crippen MR) is 147 cm³/mol. The highest BCUT2D eigenvalue weighted by Crippen LogP contribution is 2.31. The average Bonchev–Trinajstić information content (AvgIpc) is 3.55. The molecule has 1 aliphatic heterocycles. The number of ether oxygens (including phenoxy) is 1. The van der Waals surface area contributed by atoms with Crippen molar-refractivity contribution in [2.45, 2.75) is 17.7 Å². The largest absolute Gasteiger partial charge is 0.465 e. The van der Waals surface area contributed by atoms with Crippen molar-refractivity contribution in [2.24, 2.45) is 5.92 Å². The van der Waals surface area contributed by atoms with Crippen LogP contribution in [0.1, 0.15) is 22.5 Å². The molecule has 1 unspecified atom stereocenters. The van der Waals surface area contributed by atoms with E-state index in [0.29, 0.717) is 24.7 Å². The van der Waals surface area contributed by atoms with E-state index in [2.05, 4.69) is 10.4 Å². The number of aromatic nitrogens is 3. The molecule has 5 rings (SSSR count). The molecule has 3 aromatic heterocycles. The van der Waals surface area contributed by atoms with Crippen molar-refractivity contribution >= 4 is 63.7 Å². The molecule has 37 heavy (non-hydrogen) atoms. The van der Waals surface area contributed by atoms with E-state index in [-0.39, 0.29) is 15.7 Å². The molecule has 0 saturated carbocycles. The maximum Gasteiger partial charge on any atom is 0.349 e. The Morgan fingerprint density at radius 3 is 2.92 bits per heavy atom. The standard InChI is InChI=1S/C24H25BClN5O4S2/c1-35-24(32)22-20(8-10-36-22)37(33,34)30-9-4-5-15(14-30)12-27-21-11-19(16-6-2-3-7-18(16)26)29-23-17(25)13-28-31(21)23/h2-3,6-8,10-11,13,15,27H,4-5,9,12,14,25H2,1H3. The fraction of sp³-hybridized carbons (Fsp3) is 0.292. The number of piperidine rings is 1. The van der Waals surface area contributed by atoms with Crippen molar-refractivity contribution in [1.82, 2.24) is 18.9 Å². The normalized spacial score (nSPS) is 16.6. The van der Waals surface area contributed by atoms with E-state index in [4.69, 9.17) is 21.3 Å². The molecule has 13 heteroatoms. The third-order valence-electron chi connectivity index (χ3n) is 6.47. The lowest BCUT2D eigenvalue weighted by Gasteiger charge is -2.32. The van der Waals surface area contributed by atoms with Gasteiger partial charge in [-0.2, -0.15) is 13.9 Å². The first-order valence-electron chi connectivity index (χ1n) is 11.8. The number of rotatable bonds is 7. The lowest BCUT2D eigenvalue weighted by molar-refractivity contribution is 0.0602. The van der Waals surface area contributed by atoms with Gasteiger partial charge in [-0.05, 0) is 41.7 Å². The number of fused-ring (bicyclic) bond motifs is 1. The highest BCUT2D eigenvalue weighted by molar-refractivity contribution is 7.89. The Labute approximate surface area is 224 Å². The fourth-order valence-corrected chi connectivity index (χ4v) is 7.64. The number of methoxy groups -OCH3 is 1. The third-order valence-corrected chi connectivity index (χ3v) is 9.73. The van der Waals surface area contributed by atoms with Crippen molar-refractivity contribution in [3.8, 4) is 11.3 Å². The van der Waals surface area contributed by atoms with E-state index in [0.717, 1.165) is 52.4 Å². The summed E-state index contributed by atoms with van der Waals surface area (Å²) in [6.45, 7) is 1.29. The molecule has 0 spiro atoms. The van der Waals surface area contributed by atoms with Crippen LogP contribution in [0.15, 0.2) is 52.9 Å². The van der Waals surface area contributed by atoms with E-state index in [1.54, 1.807) is 16.1 Å². The van der Waals surface area contributed by atoms with E-state index in [9.17, 15) is 13.2 Å². The highest BCUT2D eigenvalue weighted by Gasteiger charge is 2.34. The Bertz CT molecular complexity index is 1570. The zero-order chi connectivity index (χ0) is 26.2. The third kappa shape index (κ3) is 4.98. The summed E-state index contributed by atoms with van der Waals surface area (Å²) >= 11 is 7.51. The Hall–Kier alpha value is -2.93. The van der Waals surface area contributed by atoms with Crippen LogP contribution >= 0.6 is 22.9 Å². The molecular formula is C24H25BClN5O4S2. The molecule has 192 valence electrons. The molecule has 1 saturated heterocycles. The van der Waals surface area contributed by atoms with E-state index >= 15 is 0 Å². The molecular weight excluding hydrogens is 533 g/mol. The monoisotopic (exact) mass is 557 g/mol. The van der Waals surface area contributed by atoms with Gasteiger partial charge in [0, 0.05) is 42.5 Å². The second-order valence-corrected chi connectivity index (χ2v) is 12.2. The minimum absolute atomic E-state index is 0.00481. The minimum atomic E-state index is -3.83. The van der Waals surface area contributed by atoms with Gasteiger partial charge in [0.2, 0.25) is 10.0 Å². The van der Waals surface area contributed by atoms with Crippen LogP contribution in [0.4, 0.5) is 5.82 Å². The second kappa shape index (κ2) is 10.4. The van der Waals surface area contributed by atoms with Crippen LogP contribution in [0.25, 0.3) is 16.9 Å². The van der Waals surface area contributed by atoms with Crippen molar-refractivity contribution in [1.29, 1.82) is 0 Å². The quantitative estimate of drug-likeness (QED) is 0.275. The number of anilines is 1. The molecule has 4 aromatic rings. The summed E-state index contributed by atoms with van der Waals surface area (Å²) < 4.78 is 34.8. The molecule has 1 atom stereocenters. The number of hydrogen-bond acceptors (Lipinski definition) is 8. The number of sulfonamides is 1. The Morgan fingerprint density at radius 1 is 1.32 bits per heavy atom. The number of nitrogens with one attached hydrogen (secondary N) is 1. The Kier molecular flexibility index (Phi) is 7.26. The van der Waals surface area contributed by atoms with Crippen LogP contribution in [-0.2, 0) is 14.8 Å². The SMILES string of the molecule is Bc1cnn2c(NCC3CCCN(S(=O)(=O)c4ccsc4C(=O)OC)C3)cc(-c3ccccc3Cl)nc12. The van der Waals surface area contributed by atoms with Crippen LogP contribution < -0.4 is 10.8 Å². The lowest BCUT2D eigenvalue weighted by Crippen LogP contribution is -2.42. The molecule has 1 fully saturated rings. The Balaban J connectivity index is 1.37. The summed E-state index contributed by atoms with van der Waals surface area (Å²) in [5, 5.41) is 10.1. The van der Waals surface area contributed by atoms with Crippen LogP contribution in [0, 0.1) is 5.92 Å². The second-order valence-electron chi connectivity index (χ2n) is 8.93. The molecule has 0 aliphatic carbocycles. The van der Waals surface area contributed by atoms with Gasteiger partial charge in [0.25, 0.3) is 0 Å². The van der Waals surface area contributed by atoms with Gasteiger partial charge in [-0.25, -0.2) is 18.2 Å². The molecule has 1 N–H and O–H groups in total. The van der Waals surface area contributed by atoms with Crippen LogP contribution in [-0.4, -0.2) is 67.9 Å². The first kappa shape index (κ1) is 25.7. The maximum absolute atomic E-state index is 13.4. The lowest BCUT2D eigenvalue weighted by atomic mass is 9.99. The van der Waals surface area contributed by atoms with Crippen LogP contribution in [0.2, 0.25) is 5.02 Å². The fourth-order valence-electron chi connectivity index (χ4n) is 4.55. The van der Waals surface area contributed by atoms with E-state index < -0.39 is 16.0 Å². The van der Waals surface area contributed by atoms with Crippen LogP contribution in [0.5, 0.6) is 0 Å². The maximum atomic E-state index is 13.4. The number of carbonyl (C=O) groups excluding carboxylic acids is 1. The number of halogens is 1. The van der Waals surface area contributed by atoms with Gasteiger partial charge in [-0.3, -0.25) is 0 Å². The molecule has 9 nitrogen and oxygen atoms in total. The van der Waals surface area contributed by atoms with E-state index in [1.165, 1.54) is 17.5 Å². The van der Waals surface area contributed by atoms with Crippen molar-refractivity contribution < 1.29 is 17.9 Å². The molecule has 1 aliphatic rings. The molecule has 0 amide bonds. The minimum Gasteiger partial charge on any atom is -0.465 e. The highest BCUT2D eigenvalue weighted by atomic mass is 35.5. The van der Waals surface area contributed by atoms with Gasteiger partial charge in [-0.1, -0.05) is 29.8 Å². The van der Waals surface area contributed by atoms with Gasteiger partial charge < -0.3 is 10.1 Å². The number of esters is 1. The predicted octanol–water partition coefficient (Wildman–Crippen LogP) is 2.67. The van der Waals surface area contributed by atoms with E-state index in [1.807, 2.05) is 38.2 Å². The average molecular weight is 558 g/mol. The summed E-state index contributed by atoms with van der Waals surface area (Å²) in [5.41, 5.74) is 3.21. The van der Waals surface area contributed by atoms with Gasteiger partial charge in [-0.15, -0.1) is 11.3 Å². The summed E-state index contributed by atoms with van der Waals surface area (Å²) in [6.07, 6.45) is 3.36. The summed E-state index contributed by atoms with van der Waals surface area (Å²) in [6, 6.07) is 10.9. The zero-order valence-corrected chi connectivity index (χ0v) is 22.7. The van der Waals surface area contributed by atoms with Crippen LogP contribution in [0.3, 0.4) is 0 Å². The molecule has 0 radical (unpaired) electrons. The van der Waals surface area contributed by atoms with Crippen molar-refractivity contribution in [2.75, 3.05) is 32.1 Å². The summed E-state index contributed by atoms with van der Waals surface area (Å²) in [7, 11) is -0.630. The molecule has 0 bridgehead atoms. The Morgan fingerprint density at radius 2 is 2.14 bits per heavy atom. The smallest absolute Gasteiger partial charge is 0.349 e. The number of thiophene rings is 1.